The summed E-state index contributed by atoms with van der Waals surface area (Å²) in [7, 11) is -3.65. The molecule has 0 saturated heterocycles. The van der Waals surface area contributed by atoms with Crippen molar-refractivity contribution in [2.45, 2.75) is 24.2 Å². The van der Waals surface area contributed by atoms with Gasteiger partial charge in [0.15, 0.2) is 0 Å². The van der Waals surface area contributed by atoms with Gasteiger partial charge < -0.3 is 10.2 Å². The van der Waals surface area contributed by atoms with Crippen LogP contribution in [0.1, 0.15) is 29.6 Å². The van der Waals surface area contributed by atoms with Crippen LogP contribution in [0, 0.1) is 11.8 Å². The van der Waals surface area contributed by atoms with E-state index < -0.39 is 16.0 Å². The Morgan fingerprint density at radius 3 is 2.38 bits per heavy atom. The zero-order valence-electron chi connectivity index (χ0n) is 11.5. The molecular formula is C14H19NO5S. The largest absolute Gasteiger partial charge is 0.478 e. The fourth-order valence-electron chi connectivity index (χ4n) is 2.70. The van der Waals surface area contributed by atoms with Crippen LogP contribution in [0.25, 0.3) is 0 Å². The summed E-state index contributed by atoms with van der Waals surface area (Å²) in [5.41, 5.74) is 0.0464. The lowest BCUT2D eigenvalue weighted by Crippen LogP contribution is -2.31. The van der Waals surface area contributed by atoms with E-state index in [4.69, 9.17) is 5.11 Å². The molecule has 7 heteroatoms. The fraction of sp³-hybridized carbons (Fsp3) is 0.500. The highest BCUT2D eigenvalue weighted by molar-refractivity contribution is 7.89. The molecule has 1 fully saturated rings. The topological polar surface area (TPSA) is 104 Å². The quantitative estimate of drug-likeness (QED) is 0.729. The molecule has 116 valence electrons. The minimum absolute atomic E-state index is 0.0464. The van der Waals surface area contributed by atoms with E-state index in [1.54, 1.807) is 0 Å². The summed E-state index contributed by atoms with van der Waals surface area (Å²) in [4.78, 5) is 10.8. The van der Waals surface area contributed by atoms with Crippen molar-refractivity contribution in [3.63, 3.8) is 0 Å². The molecule has 0 heterocycles. The molecule has 2 rings (SSSR count). The van der Waals surface area contributed by atoms with E-state index in [0.29, 0.717) is 6.54 Å². The lowest BCUT2D eigenvalue weighted by Gasteiger charge is -2.17. The van der Waals surface area contributed by atoms with Crippen LogP contribution in [0.3, 0.4) is 0 Å². The Hall–Kier alpha value is -1.44. The maximum atomic E-state index is 12.1. The second kappa shape index (κ2) is 6.55. The molecule has 2 unspecified atom stereocenters. The summed E-state index contributed by atoms with van der Waals surface area (Å²) in [5.74, 6) is -0.784. The average Bonchev–Trinajstić information content (AvgIpc) is 2.93. The van der Waals surface area contributed by atoms with Crippen molar-refractivity contribution in [3.05, 3.63) is 29.8 Å². The first-order valence-electron chi connectivity index (χ1n) is 6.88. The molecule has 1 saturated carbocycles. The molecule has 0 aromatic heterocycles. The predicted molar refractivity (Wildman–Crippen MR) is 76.5 cm³/mol. The molecule has 0 amide bonds. The van der Waals surface area contributed by atoms with Crippen molar-refractivity contribution >= 4 is 16.0 Å². The first-order chi connectivity index (χ1) is 9.94. The lowest BCUT2D eigenvalue weighted by molar-refractivity contribution is 0.0696. The van der Waals surface area contributed by atoms with E-state index in [9.17, 15) is 18.3 Å². The van der Waals surface area contributed by atoms with Gasteiger partial charge in [-0.3, -0.25) is 0 Å². The van der Waals surface area contributed by atoms with Crippen LogP contribution in [0.2, 0.25) is 0 Å². The minimum Gasteiger partial charge on any atom is -0.478 e. The molecule has 1 aromatic rings. The Morgan fingerprint density at radius 1 is 1.19 bits per heavy atom. The number of aliphatic hydroxyl groups excluding tert-OH is 1. The molecule has 0 radical (unpaired) electrons. The number of carboxylic acids is 1. The Bertz CT molecular complexity index is 596. The molecule has 0 spiro atoms. The summed E-state index contributed by atoms with van der Waals surface area (Å²) in [6, 6.07) is 5.10. The zero-order chi connectivity index (χ0) is 15.5. The second-order valence-electron chi connectivity index (χ2n) is 5.32. The molecule has 0 bridgehead atoms. The summed E-state index contributed by atoms with van der Waals surface area (Å²) < 4.78 is 26.8. The number of nitrogens with one attached hydrogen (secondary N) is 1. The number of carbonyl (C=O) groups is 1. The molecule has 2 atom stereocenters. The zero-order valence-corrected chi connectivity index (χ0v) is 12.3. The Labute approximate surface area is 123 Å². The first kappa shape index (κ1) is 15.9. The summed E-state index contributed by atoms with van der Waals surface area (Å²) in [6.45, 7) is 0.383. The van der Waals surface area contributed by atoms with Crippen LogP contribution in [-0.4, -0.2) is 37.8 Å². The number of sulfonamides is 1. The van der Waals surface area contributed by atoms with Crippen LogP contribution >= 0.6 is 0 Å². The molecule has 0 aliphatic heterocycles. The van der Waals surface area contributed by atoms with E-state index in [0.717, 1.165) is 19.3 Å². The predicted octanol–water partition coefficient (Wildman–Crippen LogP) is 1.07. The van der Waals surface area contributed by atoms with Gasteiger partial charge in [0.2, 0.25) is 10.0 Å². The lowest BCUT2D eigenvalue weighted by atomic mass is 9.97. The van der Waals surface area contributed by atoms with Gasteiger partial charge in [0.05, 0.1) is 10.5 Å². The number of benzene rings is 1. The van der Waals surface area contributed by atoms with Gasteiger partial charge in [-0.2, -0.15) is 0 Å². The van der Waals surface area contributed by atoms with Gasteiger partial charge in [-0.1, -0.05) is 6.42 Å². The van der Waals surface area contributed by atoms with Crippen molar-refractivity contribution in [2.75, 3.05) is 13.2 Å². The molecule has 1 aliphatic rings. The SMILES string of the molecule is O=C(O)c1ccc(S(=O)(=O)NCC2CCCC2CO)cc1. The van der Waals surface area contributed by atoms with Gasteiger partial charge in [0.1, 0.15) is 0 Å². The molecule has 3 N–H and O–H groups in total. The highest BCUT2D eigenvalue weighted by Gasteiger charge is 2.28. The smallest absolute Gasteiger partial charge is 0.335 e. The standard InChI is InChI=1S/C14H19NO5S/c16-9-12-3-1-2-11(12)8-15-21(19,20)13-6-4-10(5-7-13)14(17)18/h4-7,11-12,15-16H,1-3,8-9H2,(H,17,18). The number of aromatic carboxylic acids is 1. The summed E-state index contributed by atoms with van der Waals surface area (Å²) in [5, 5.41) is 18.0. The molecular weight excluding hydrogens is 294 g/mol. The van der Waals surface area contributed by atoms with Crippen LogP contribution in [0.4, 0.5) is 0 Å². The molecule has 1 aromatic carbocycles. The number of carboxylic acid groups (broad SMARTS) is 1. The third-order valence-electron chi connectivity index (χ3n) is 4.00. The normalized spacial score (nSPS) is 22.3. The Kier molecular flexibility index (Phi) is 4.97. The van der Waals surface area contributed by atoms with E-state index >= 15 is 0 Å². The highest BCUT2D eigenvalue weighted by atomic mass is 32.2. The van der Waals surface area contributed by atoms with Crippen molar-refractivity contribution in [1.29, 1.82) is 0 Å². The van der Waals surface area contributed by atoms with Crippen LogP contribution in [0.15, 0.2) is 29.2 Å². The number of hydrogen-bond acceptors (Lipinski definition) is 4. The van der Waals surface area contributed by atoms with E-state index in [2.05, 4.69) is 4.72 Å². The Balaban J connectivity index is 2.02. The number of rotatable bonds is 6. The van der Waals surface area contributed by atoms with Gasteiger partial charge in [-0.05, 0) is 48.9 Å². The first-order valence-corrected chi connectivity index (χ1v) is 8.36. The number of hydrogen-bond donors (Lipinski definition) is 3. The summed E-state index contributed by atoms with van der Waals surface area (Å²) >= 11 is 0. The van der Waals surface area contributed by atoms with Crippen molar-refractivity contribution in [2.24, 2.45) is 11.8 Å². The van der Waals surface area contributed by atoms with Gasteiger partial charge in [-0.15, -0.1) is 0 Å². The van der Waals surface area contributed by atoms with Gasteiger partial charge in [0.25, 0.3) is 0 Å². The summed E-state index contributed by atoms with van der Waals surface area (Å²) in [6.07, 6.45) is 2.84. The maximum Gasteiger partial charge on any atom is 0.335 e. The van der Waals surface area contributed by atoms with Gasteiger partial charge in [0, 0.05) is 13.2 Å². The monoisotopic (exact) mass is 313 g/mol. The van der Waals surface area contributed by atoms with E-state index in [-0.39, 0.29) is 28.9 Å². The van der Waals surface area contributed by atoms with Crippen LogP contribution < -0.4 is 4.72 Å². The van der Waals surface area contributed by atoms with Crippen molar-refractivity contribution in [1.82, 2.24) is 4.72 Å². The molecule has 1 aliphatic carbocycles. The minimum atomic E-state index is -3.65. The third kappa shape index (κ3) is 3.81. The van der Waals surface area contributed by atoms with E-state index in [1.165, 1.54) is 24.3 Å². The van der Waals surface area contributed by atoms with Crippen LogP contribution in [-0.2, 0) is 10.0 Å². The molecule has 21 heavy (non-hydrogen) atoms. The maximum absolute atomic E-state index is 12.1. The van der Waals surface area contributed by atoms with Gasteiger partial charge >= 0.3 is 5.97 Å². The number of aliphatic hydroxyl groups is 1. The fourth-order valence-corrected chi connectivity index (χ4v) is 3.79. The van der Waals surface area contributed by atoms with Crippen molar-refractivity contribution < 1.29 is 23.4 Å². The molecule has 6 nitrogen and oxygen atoms in total. The van der Waals surface area contributed by atoms with Crippen LogP contribution in [0.5, 0.6) is 0 Å². The Morgan fingerprint density at radius 2 is 1.81 bits per heavy atom. The van der Waals surface area contributed by atoms with Crippen molar-refractivity contribution in [3.8, 4) is 0 Å². The highest BCUT2D eigenvalue weighted by Crippen LogP contribution is 2.30. The third-order valence-corrected chi connectivity index (χ3v) is 5.44. The van der Waals surface area contributed by atoms with Gasteiger partial charge in [-0.25, -0.2) is 17.9 Å². The van der Waals surface area contributed by atoms with E-state index in [1.807, 2.05) is 0 Å². The average molecular weight is 313 g/mol. The second-order valence-corrected chi connectivity index (χ2v) is 7.08.